The molecule has 0 unspecified atom stereocenters. The largest absolute Gasteiger partial charge is 0.492 e. The third kappa shape index (κ3) is 6.07. The summed E-state index contributed by atoms with van der Waals surface area (Å²) in [6, 6.07) is 17.3. The second-order valence-electron chi connectivity index (χ2n) is 8.36. The van der Waals surface area contributed by atoms with Gasteiger partial charge in [0, 0.05) is 56.9 Å². The lowest BCUT2D eigenvalue weighted by Crippen LogP contribution is -2.46. The molecule has 2 heterocycles. The number of halogens is 1. The first-order valence-corrected chi connectivity index (χ1v) is 12.0. The summed E-state index contributed by atoms with van der Waals surface area (Å²) in [5, 5.41) is 5.05. The van der Waals surface area contributed by atoms with Crippen LogP contribution in [0.15, 0.2) is 59.4 Å². The predicted molar refractivity (Wildman–Crippen MR) is 133 cm³/mol. The van der Waals surface area contributed by atoms with E-state index in [1.54, 1.807) is 0 Å². The van der Waals surface area contributed by atoms with Crippen molar-refractivity contribution < 1.29 is 9.53 Å². The third-order valence-corrected chi connectivity index (χ3v) is 6.19. The van der Waals surface area contributed by atoms with Crippen LogP contribution in [0.1, 0.15) is 24.0 Å². The highest BCUT2D eigenvalue weighted by molar-refractivity contribution is 6.30. The van der Waals surface area contributed by atoms with Crippen molar-refractivity contribution >= 4 is 23.1 Å². The van der Waals surface area contributed by atoms with E-state index in [0.29, 0.717) is 6.54 Å². The van der Waals surface area contributed by atoms with E-state index in [4.69, 9.17) is 16.3 Å². The van der Waals surface area contributed by atoms with Crippen LogP contribution in [0.5, 0.6) is 5.75 Å². The Bertz CT molecular complexity index is 1150. The molecule has 1 aromatic heterocycles. The Balaban J connectivity index is 1.28. The van der Waals surface area contributed by atoms with Crippen LogP contribution in [-0.4, -0.2) is 64.4 Å². The number of ether oxygens (including phenoxy) is 1. The second-order valence-corrected chi connectivity index (χ2v) is 8.80. The SMILES string of the molecule is CC(=O)c1nn(CCCN2CCN(c3cccc(Cl)c3)CC2)c(=O)n1CCOc1ccccc1. The molecule has 0 spiro atoms. The van der Waals surface area contributed by atoms with E-state index in [2.05, 4.69) is 21.0 Å². The number of hydrogen-bond acceptors (Lipinski definition) is 6. The Morgan fingerprint density at radius 1 is 1.00 bits per heavy atom. The quantitative estimate of drug-likeness (QED) is 0.412. The number of ketones is 1. The molecule has 1 fully saturated rings. The molecular formula is C25H30ClN5O3. The number of benzene rings is 2. The van der Waals surface area contributed by atoms with Gasteiger partial charge in [0.15, 0.2) is 5.78 Å². The number of para-hydroxylation sites is 1. The summed E-state index contributed by atoms with van der Waals surface area (Å²) in [6.45, 7) is 7.10. The number of aryl methyl sites for hydroxylation is 1. The maximum atomic E-state index is 12.9. The fourth-order valence-corrected chi connectivity index (χ4v) is 4.35. The zero-order valence-corrected chi connectivity index (χ0v) is 20.2. The number of Topliss-reactive ketones (excluding diaryl/α,β-unsaturated/α-hetero) is 1. The number of aromatic nitrogens is 3. The summed E-state index contributed by atoms with van der Waals surface area (Å²) < 4.78 is 8.51. The lowest BCUT2D eigenvalue weighted by molar-refractivity contribution is 0.0997. The normalized spacial score (nSPS) is 14.4. The highest BCUT2D eigenvalue weighted by atomic mass is 35.5. The monoisotopic (exact) mass is 483 g/mol. The highest BCUT2D eigenvalue weighted by Gasteiger charge is 2.19. The van der Waals surface area contributed by atoms with Gasteiger partial charge in [0.2, 0.25) is 5.82 Å². The third-order valence-electron chi connectivity index (χ3n) is 5.95. The standard InChI is InChI=1S/C25H30ClN5O3/c1-20(32)24-27-31(25(33)30(24)17-18-34-23-9-3-2-4-10-23)12-6-11-28-13-15-29(16-14-28)22-8-5-7-21(26)19-22/h2-5,7-10,19H,6,11-18H2,1H3. The van der Waals surface area contributed by atoms with Crippen molar-refractivity contribution in [3.63, 3.8) is 0 Å². The Kier molecular flexibility index (Phi) is 8.03. The van der Waals surface area contributed by atoms with Crippen molar-refractivity contribution in [1.29, 1.82) is 0 Å². The lowest BCUT2D eigenvalue weighted by atomic mass is 10.2. The highest BCUT2D eigenvalue weighted by Crippen LogP contribution is 2.20. The van der Waals surface area contributed by atoms with E-state index in [1.807, 2.05) is 48.5 Å². The average Bonchev–Trinajstić information content (AvgIpc) is 3.16. The van der Waals surface area contributed by atoms with E-state index in [-0.39, 0.29) is 30.4 Å². The van der Waals surface area contributed by atoms with Gasteiger partial charge in [-0.3, -0.25) is 14.3 Å². The van der Waals surface area contributed by atoms with Gasteiger partial charge < -0.3 is 9.64 Å². The van der Waals surface area contributed by atoms with Crippen LogP contribution in [0.25, 0.3) is 0 Å². The molecule has 0 aliphatic carbocycles. The van der Waals surface area contributed by atoms with Crippen LogP contribution in [0.4, 0.5) is 5.69 Å². The van der Waals surface area contributed by atoms with E-state index in [9.17, 15) is 9.59 Å². The van der Waals surface area contributed by atoms with Crippen molar-refractivity contribution in [3.05, 3.63) is 75.9 Å². The molecule has 8 nitrogen and oxygen atoms in total. The first-order valence-electron chi connectivity index (χ1n) is 11.6. The molecule has 0 N–H and O–H groups in total. The lowest BCUT2D eigenvalue weighted by Gasteiger charge is -2.36. The number of piperazine rings is 1. The summed E-state index contributed by atoms with van der Waals surface area (Å²) in [4.78, 5) is 29.7. The first kappa shape index (κ1) is 24.0. The number of nitrogens with zero attached hydrogens (tertiary/aromatic N) is 5. The Hall–Kier alpha value is -3.10. The van der Waals surface area contributed by atoms with Gasteiger partial charge in [0.25, 0.3) is 0 Å². The zero-order chi connectivity index (χ0) is 23.9. The van der Waals surface area contributed by atoms with Crippen LogP contribution in [0, 0.1) is 0 Å². The molecule has 3 aromatic rings. The van der Waals surface area contributed by atoms with E-state index >= 15 is 0 Å². The van der Waals surface area contributed by atoms with Crippen molar-refractivity contribution in [2.75, 3.05) is 44.2 Å². The van der Waals surface area contributed by atoms with E-state index < -0.39 is 0 Å². The molecule has 180 valence electrons. The molecule has 1 aliphatic rings. The molecule has 1 aliphatic heterocycles. The van der Waals surface area contributed by atoms with Gasteiger partial charge in [-0.2, -0.15) is 0 Å². The van der Waals surface area contributed by atoms with Gasteiger partial charge in [-0.25, -0.2) is 9.48 Å². The van der Waals surface area contributed by atoms with Crippen molar-refractivity contribution in [1.82, 2.24) is 19.2 Å². The molecule has 2 aromatic carbocycles. The van der Waals surface area contributed by atoms with E-state index in [1.165, 1.54) is 16.2 Å². The molecule has 0 radical (unpaired) electrons. The van der Waals surface area contributed by atoms with Crippen molar-refractivity contribution in [2.24, 2.45) is 0 Å². The number of carbonyl (C=O) groups is 1. The van der Waals surface area contributed by atoms with Crippen LogP contribution >= 0.6 is 11.6 Å². The minimum absolute atomic E-state index is 0.178. The molecule has 0 bridgehead atoms. The molecule has 4 rings (SSSR count). The molecule has 0 amide bonds. The van der Waals surface area contributed by atoms with Crippen LogP contribution < -0.4 is 15.3 Å². The van der Waals surface area contributed by atoms with Gasteiger partial charge in [-0.05, 0) is 36.8 Å². The van der Waals surface area contributed by atoms with Crippen molar-refractivity contribution in [3.8, 4) is 5.75 Å². The fraction of sp³-hybridized carbons (Fsp3) is 0.400. The van der Waals surface area contributed by atoms with Gasteiger partial charge >= 0.3 is 5.69 Å². The summed E-state index contributed by atoms with van der Waals surface area (Å²) in [6.07, 6.45) is 0.784. The molecular weight excluding hydrogens is 454 g/mol. The number of rotatable bonds is 10. The Morgan fingerprint density at radius 3 is 2.47 bits per heavy atom. The summed E-state index contributed by atoms with van der Waals surface area (Å²) in [5.41, 5.74) is 0.880. The zero-order valence-electron chi connectivity index (χ0n) is 19.4. The van der Waals surface area contributed by atoms with Crippen LogP contribution in [0.2, 0.25) is 5.02 Å². The molecule has 34 heavy (non-hydrogen) atoms. The van der Waals surface area contributed by atoms with Gasteiger partial charge in [-0.15, -0.1) is 5.10 Å². The molecule has 9 heteroatoms. The topological polar surface area (TPSA) is 72.6 Å². The Morgan fingerprint density at radius 2 is 1.76 bits per heavy atom. The number of anilines is 1. The maximum absolute atomic E-state index is 12.9. The first-order chi connectivity index (χ1) is 16.5. The summed E-state index contributed by atoms with van der Waals surface area (Å²) in [5.74, 6) is 0.673. The maximum Gasteiger partial charge on any atom is 0.346 e. The minimum atomic E-state index is -0.271. The van der Waals surface area contributed by atoms with Crippen molar-refractivity contribution in [2.45, 2.75) is 26.4 Å². The van der Waals surface area contributed by atoms with Gasteiger partial charge in [0.1, 0.15) is 12.4 Å². The minimum Gasteiger partial charge on any atom is -0.492 e. The van der Waals surface area contributed by atoms with Crippen LogP contribution in [0.3, 0.4) is 0 Å². The predicted octanol–water partition coefficient (Wildman–Crippen LogP) is 3.19. The summed E-state index contributed by atoms with van der Waals surface area (Å²) >= 11 is 6.12. The molecule has 0 saturated carbocycles. The smallest absolute Gasteiger partial charge is 0.346 e. The molecule has 1 saturated heterocycles. The second kappa shape index (κ2) is 11.4. The summed E-state index contributed by atoms with van der Waals surface area (Å²) in [7, 11) is 0. The number of carbonyl (C=O) groups excluding carboxylic acids is 1. The van der Waals surface area contributed by atoms with Gasteiger partial charge in [-0.1, -0.05) is 35.9 Å². The number of hydrogen-bond donors (Lipinski definition) is 0. The average molecular weight is 484 g/mol. The Labute approximate surface area is 204 Å². The van der Waals surface area contributed by atoms with E-state index in [0.717, 1.165) is 55.6 Å². The fourth-order valence-electron chi connectivity index (χ4n) is 4.17. The molecule has 0 atom stereocenters. The van der Waals surface area contributed by atoms with Crippen LogP contribution in [-0.2, 0) is 13.1 Å². The van der Waals surface area contributed by atoms with Gasteiger partial charge in [0.05, 0.1) is 6.54 Å².